The maximum Gasteiger partial charge on any atom is 0.0502 e. The van der Waals surface area contributed by atoms with Crippen molar-refractivity contribution in [1.82, 2.24) is 4.90 Å². The van der Waals surface area contributed by atoms with Crippen molar-refractivity contribution in [3.63, 3.8) is 0 Å². The van der Waals surface area contributed by atoms with E-state index in [1.807, 2.05) is 0 Å². The second-order valence-corrected chi connectivity index (χ2v) is 4.53. The number of nitrogens with two attached hydrogens (primary N) is 1. The van der Waals surface area contributed by atoms with Crippen molar-refractivity contribution in [2.75, 3.05) is 33.4 Å². The first kappa shape index (κ1) is 12.0. The van der Waals surface area contributed by atoms with E-state index in [4.69, 9.17) is 10.5 Å². The topological polar surface area (TPSA) is 38.5 Å². The van der Waals surface area contributed by atoms with Gasteiger partial charge in [-0.3, -0.25) is 0 Å². The number of hydrogen-bond acceptors (Lipinski definition) is 3. The molecule has 3 nitrogen and oxygen atoms in total. The molecule has 1 saturated heterocycles. The molecule has 1 rings (SSSR count). The van der Waals surface area contributed by atoms with Gasteiger partial charge in [-0.05, 0) is 45.2 Å². The standard InChI is InChI=1S/C11H24N2O/c1-10(12)5-7-13-6-3-4-11(8-13)9-14-2/h10-11H,3-9,12H2,1-2H3. The molecule has 0 amide bonds. The van der Waals surface area contributed by atoms with Gasteiger partial charge in [-0.1, -0.05) is 0 Å². The predicted molar refractivity (Wildman–Crippen MR) is 59.3 cm³/mol. The van der Waals surface area contributed by atoms with Gasteiger partial charge in [0.25, 0.3) is 0 Å². The van der Waals surface area contributed by atoms with Crippen LogP contribution in [-0.4, -0.2) is 44.3 Å². The summed E-state index contributed by atoms with van der Waals surface area (Å²) in [5, 5.41) is 0. The van der Waals surface area contributed by atoms with E-state index in [1.165, 1.54) is 25.9 Å². The maximum absolute atomic E-state index is 5.75. The number of piperidine rings is 1. The zero-order valence-electron chi connectivity index (χ0n) is 9.54. The number of hydrogen-bond donors (Lipinski definition) is 1. The van der Waals surface area contributed by atoms with Gasteiger partial charge in [0.15, 0.2) is 0 Å². The molecule has 2 unspecified atom stereocenters. The van der Waals surface area contributed by atoms with Gasteiger partial charge in [0, 0.05) is 19.7 Å². The van der Waals surface area contributed by atoms with E-state index in [-0.39, 0.29) is 0 Å². The van der Waals surface area contributed by atoms with Crippen LogP contribution in [-0.2, 0) is 4.74 Å². The van der Waals surface area contributed by atoms with Crippen molar-refractivity contribution in [3.8, 4) is 0 Å². The first-order valence-electron chi connectivity index (χ1n) is 5.69. The maximum atomic E-state index is 5.75. The molecule has 0 bridgehead atoms. The monoisotopic (exact) mass is 200 g/mol. The Hall–Kier alpha value is -0.120. The molecule has 0 aromatic heterocycles. The lowest BCUT2D eigenvalue weighted by molar-refractivity contribution is 0.0895. The van der Waals surface area contributed by atoms with Gasteiger partial charge in [0.05, 0.1) is 6.61 Å². The van der Waals surface area contributed by atoms with E-state index < -0.39 is 0 Å². The fourth-order valence-corrected chi connectivity index (χ4v) is 2.11. The summed E-state index contributed by atoms with van der Waals surface area (Å²) in [4.78, 5) is 2.52. The quantitative estimate of drug-likeness (QED) is 0.722. The van der Waals surface area contributed by atoms with Gasteiger partial charge in [-0.2, -0.15) is 0 Å². The van der Waals surface area contributed by atoms with Gasteiger partial charge < -0.3 is 15.4 Å². The molecule has 0 aliphatic carbocycles. The van der Waals surface area contributed by atoms with Crippen LogP contribution >= 0.6 is 0 Å². The summed E-state index contributed by atoms with van der Waals surface area (Å²) in [6.07, 6.45) is 3.75. The normalized spacial score (nSPS) is 26.4. The summed E-state index contributed by atoms with van der Waals surface area (Å²) in [5.74, 6) is 0.738. The van der Waals surface area contributed by atoms with Gasteiger partial charge >= 0.3 is 0 Å². The third-order valence-electron chi connectivity index (χ3n) is 2.91. The Morgan fingerprint density at radius 3 is 3.00 bits per heavy atom. The molecule has 1 aliphatic heterocycles. The van der Waals surface area contributed by atoms with E-state index in [1.54, 1.807) is 7.11 Å². The highest BCUT2D eigenvalue weighted by atomic mass is 16.5. The smallest absolute Gasteiger partial charge is 0.0502 e. The fraction of sp³-hybridized carbons (Fsp3) is 1.00. The molecule has 2 N–H and O–H groups in total. The lowest BCUT2D eigenvalue weighted by atomic mass is 9.98. The van der Waals surface area contributed by atoms with Crippen LogP contribution in [0.2, 0.25) is 0 Å². The first-order chi connectivity index (χ1) is 6.72. The lowest BCUT2D eigenvalue weighted by Crippen LogP contribution is -2.39. The van der Waals surface area contributed by atoms with Crippen LogP contribution in [0.4, 0.5) is 0 Å². The van der Waals surface area contributed by atoms with Gasteiger partial charge in [0.1, 0.15) is 0 Å². The minimum Gasteiger partial charge on any atom is -0.384 e. The average molecular weight is 200 g/mol. The van der Waals surface area contributed by atoms with Crippen LogP contribution in [0.1, 0.15) is 26.2 Å². The average Bonchev–Trinajstić information content (AvgIpc) is 2.16. The van der Waals surface area contributed by atoms with Crippen molar-refractivity contribution in [1.29, 1.82) is 0 Å². The van der Waals surface area contributed by atoms with E-state index in [0.29, 0.717) is 6.04 Å². The molecular weight excluding hydrogens is 176 g/mol. The Morgan fingerprint density at radius 2 is 2.36 bits per heavy atom. The largest absolute Gasteiger partial charge is 0.384 e. The Labute approximate surface area is 87.6 Å². The van der Waals surface area contributed by atoms with E-state index in [2.05, 4.69) is 11.8 Å². The molecule has 2 atom stereocenters. The number of rotatable bonds is 5. The molecule has 1 heterocycles. The van der Waals surface area contributed by atoms with Crippen LogP contribution in [0.25, 0.3) is 0 Å². The number of nitrogens with zero attached hydrogens (tertiary/aromatic N) is 1. The van der Waals surface area contributed by atoms with Crippen molar-refractivity contribution >= 4 is 0 Å². The zero-order valence-corrected chi connectivity index (χ0v) is 9.54. The minimum absolute atomic E-state index is 0.331. The molecule has 3 heteroatoms. The molecule has 0 aromatic rings. The Morgan fingerprint density at radius 1 is 1.57 bits per heavy atom. The SMILES string of the molecule is COCC1CCCN(CCC(C)N)C1. The summed E-state index contributed by atoms with van der Waals surface area (Å²) >= 11 is 0. The highest BCUT2D eigenvalue weighted by Gasteiger charge is 2.19. The Bertz CT molecular complexity index is 148. The van der Waals surface area contributed by atoms with E-state index in [9.17, 15) is 0 Å². The Kier molecular flexibility index (Phi) is 5.45. The molecule has 0 radical (unpaired) electrons. The summed E-state index contributed by atoms with van der Waals surface area (Å²) < 4.78 is 5.20. The third kappa shape index (κ3) is 4.40. The van der Waals surface area contributed by atoms with Crippen LogP contribution in [0.15, 0.2) is 0 Å². The third-order valence-corrected chi connectivity index (χ3v) is 2.91. The molecule has 84 valence electrons. The van der Waals surface area contributed by atoms with Gasteiger partial charge in [-0.25, -0.2) is 0 Å². The highest BCUT2D eigenvalue weighted by Crippen LogP contribution is 2.16. The van der Waals surface area contributed by atoms with Gasteiger partial charge in [-0.15, -0.1) is 0 Å². The molecule has 1 aliphatic rings. The predicted octanol–water partition coefficient (Wildman–Crippen LogP) is 1.08. The number of methoxy groups -OCH3 is 1. The van der Waals surface area contributed by atoms with Crippen LogP contribution in [0, 0.1) is 5.92 Å². The molecule has 0 aromatic carbocycles. The van der Waals surface area contributed by atoms with Crippen LogP contribution in [0.3, 0.4) is 0 Å². The minimum atomic E-state index is 0.331. The van der Waals surface area contributed by atoms with E-state index >= 15 is 0 Å². The first-order valence-corrected chi connectivity index (χ1v) is 5.69. The van der Waals surface area contributed by atoms with E-state index in [0.717, 1.165) is 25.5 Å². The van der Waals surface area contributed by atoms with Crippen molar-refractivity contribution in [2.45, 2.75) is 32.2 Å². The molecule has 0 spiro atoms. The zero-order chi connectivity index (χ0) is 10.4. The van der Waals surface area contributed by atoms with Crippen molar-refractivity contribution in [3.05, 3.63) is 0 Å². The van der Waals surface area contributed by atoms with Gasteiger partial charge in [0.2, 0.25) is 0 Å². The second-order valence-electron chi connectivity index (χ2n) is 4.53. The van der Waals surface area contributed by atoms with Crippen LogP contribution < -0.4 is 5.73 Å². The molecule has 14 heavy (non-hydrogen) atoms. The lowest BCUT2D eigenvalue weighted by Gasteiger charge is -2.32. The molecule has 0 saturated carbocycles. The summed E-state index contributed by atoms with van der Waals surface area (Å²) in [5.41, 5.74) is 5.75. The molecule has 1 fully saturated rings. The molecular formula is C11H24N2O. The van der Waals surface area contributed by atoms with Crippen molar-refractivity contribution < 1.29 is 4.74 Å². The fourth-order valence-electron chi connectivity index (χ4n) is 2.11. The summed E-state index contributed by atoms with van der Waals surface area (Å²) in [6, 6.07) is 0.331. The second kappa shape index (κ2) is 6.38. The highest BCUT2D eigenvalue weighted by molar-refractivity contribution is 4.73. The number of likely N-dealkylation sites (tertiary alicyclic amines) is 1. The van der Waals surface area contributed by atoms with Crippen molar-refractivity contribution in [2.24, 2.45) is 11.7 Å². The number of ether oxygens (including phenoxy) is 1. The summed E-state index contributed by atoms with van der Waals surface area (Å²) in [6.45, 7) is 6.58. The van der Waals surface area contributed by atoms with Crippen LogP contribution in [0.5, 0.6) is 0 Å². The summed E-state index contributed by atoms with van der Waals surface area (Å²) in [7, 11) is 1.79. The Balaban J connectivity index is 2.18.